The van der Waals surface area contributed by atoms with E-state index in [0.29, 0.717) is 12.1 Å². The Balaban J connectivity index is 2.15. The number of amides is 1. The van der Waals surface area contributed by atoms with Crippen LogP contribution in [0.5, 0.6) is 5.88 Å². The number of pyridine rings is 1. The molecule has 1 saturated heterocycles. The zero-order valence-corrected chi connectivity index (χ0v) is 16.4. The summed E-state index contributed by atoms with van der Waals surface area (Å²) in [5.74, 6) is -0.251. The second-order valence-corrected chi connectivity index (χ2v) is 7.60. The Morgan fingerprint density at radius 1 is 1.27 bits per heavy atom. The minimum Gasteiger partial charge on any atom is -0.472 e. The van der Waals surface area contributed by atoms with Crippen LogP contribution in [-0.4, -0.2) is 53.3 Å². The highest BCUT2D eigenvalue weighted by Gasteiger charge is 2.34. The van der Waals surface area contributed by atoms with Crippen molar-refractivity contribution in [1.29, 1.82) is 0 Å². The lowest BCUT2D eigenvalue weighted by Gasteiger charge is -2.38. The van der Waals surface area contributed by atoms with E-state index in [9.17, 15) is 9.59 Å². The Morgan fingerprint density at radius 2 is 1.96 bits per heavy atom. The van der Waals surface area contributed by atoms with Crippen molar-refractivity contribution < 1.29 is 23.8 Å². The van der Waals surface area contributed by atoms with Crippen LogP contribution in [0.2, 0.25) is 0 Å². The molecule has 0 aliphatic carbocycles. The Labute approximate surface area is 154 Å². The van der Waals surface area contributed by atoms with Gasteiger partial charge in [0.1, 0.15) is 17.3 Å². The molecule has 26 heavy (non-hydrogen) atoms. The molecule has 0 radical (unpaired) electrons. The highest BCUT2D eigenvalue weighted by molar-refractivity contribution is 5.93. The van der Waals surface area contributed by atoms with Crippen LogP contribution in [0.3, 0.4) is 0 Å². The summed E-state index contributed by atoms with van der Waals surface area (Å²) in [5, 5.41) is 0. The molecule has 1 aromatic rings. The number of piperidine rings is 1. The zero-order valence-electron chi connectivity index (χ0n) is 16.4. The smallest absolute Gasteiger partial charge is 0.410 e. The number of hydrogen-bond acceptors (Lipinski definition) is 6. The van der Waals surface area contributed by atoms with Crippen molar-refractivity contribution in [2.45, 2.75) is 65.2 Å². The zero-order chi connectivity index (χ0) is 19.5. The fourth-order valence-corrected chi connectivity index (χ4v) is 2.88. The summed E-state index contributed by atoms with van der Waals surface area (Å²) in [4.78, 5) is 30.4. The minimum absolute atomic E-state index is 0.0650. The first-order valence-electron chi connectivity index (χ1n) is 8.82. The number of carbonyl (C=O) groups excluding carboxylic acids is 2. The van der Waals surface area contributed by atoms with Crippen molar-refractivity contribution in [1.82, 2.24) is 9.88 Å². The maximum Gasteiger partial charge on any atom is 0.410 e. The summed E-state index contributed by atoms with van der Waals surface area (Å²) in [7, 11) is 1.32. The highest BCUT2D eigenvalue weighted by Crippen LogP contribution is 2.26. The van der Waals surface area contributed by atoms with Crippen molar-refractivity contribution >= 4 is 12.1 Å². The number of esters is 1. The van der Waals surface area contributed by atoms with Crippen LogP contribution in [0.4, 0.5) is 4.79 Å². The molecule has 0 aromatic carbocycles. The first kappa shape index (κ1) is 20.0. The van der Waals surface area contributed by atoms with E-state index in [2.05, 4.69) is 4.98 Å². The molecule has 7 nitrogen and oxygen atoms in total. The van der Waals surface area contributed by atoms with Gasteiger partial charge in [-0.2, -0.15) is 0 Å². The lowest BCUT2D eigenvalue weighted by atomic mass is 10.0. The molecular weight excluding hydrogens is 336 g/mol. The molecule has 2 rings (SSSR count). The van der Waals surface area contributed by atoms with Crippen LogP contribution in [-0.2, 0) is 9.47 Å². The Morgan fingerprint density at radius 3 is 2.58 bits per heavy atom. The fraction of sp³-hybridized carbons (Fsp3) is 0.632. The number of aryl methyl sites for hydroxylation is 1. The van der Waals surface area contributed by atoms with Gasteiger partial charge < -0.3 is 19.1 Å². The van der Waals surface area contributed by atoms with Gasteiger partial charge >= 0.3 is 12.1 Å². The second kappa shape index (κ2) is 7.93. The largest absolute Gasteiger partial charge is 0.472 e. The van der Waals surface area contributed by atoms with Crippen molar-refractivity contribution in [3.8, 4) is 5.88 Å². The number of hydrogen-bond donors (Lipinski definition) is 0. The molecular formula is C19H28N2O5. The summed E-state index contributed by atoms with van der Waals surface area (Å²) in [5.41, 5.74) is 0.494. The van der Waals surface area contributed by atoms with Gasteiger partial charge in [-0.15, -0.1) is 0 Å². The van der Waals surface area contributed by atoms with Crippen molar-refractivity contribution in [3.05, 3.63) is 23.4 Å². The van der Waals surface area contributed by atoms with Crippen molar-refractivity contribution in [2.75, 3.05) is 13.7 Å². The standard InChI is InChI=1S/C19H28N2O5/c1-12-9-10-20-16(15(12)17(22)24-6)25-14-8-7-13(2)21(11-14)18(23)26-19(3,4)5/h9-10,13-14H,7-8,11H2,1-6H3/t13-,14-/m1/s1. The molecule has 0 bridgehead atoms. The van der Waals surface area contributed by atoms with Gasteiger partial charge in [-0.25, -0.2) is 14.6 Å². The van der Waals surface area contributed by atoms with Gasteiger partial charge in [0.25, 0.3) is 0 Å². The molecule has 0 N–H and O–H groups in total. The van der Waals surface area contributed by atoms with E-state index in [-0.39, 0.29) is 24.1 Å². The van der Waals surface area contributed by atoms with Gasteiger partial charge in [0.05, 0.1) is 13.7 Å². The summed E-state index contributed by atoms with van der Waals surface area (Å²) < 4.78 is 16.3. The molecule has 1 aliphatic heterocycles. The van der Waals surface area contributed by atoms with E-state index in [1.54, 1.807) is 24.1 Å². The quantitative estimate of drug-likeness (QED) is 0.766. The summed E-state index contributed by atoms with van der Waals surface area (Å²) in [6.45, 7) is 9.69. The molecule has 0 spiro atoms. The Bertz CT molecular complexity index is 668. The third-order valence-electron chi connectivity index (χ3n) is 4.26. The van der Waals surface area contributed by atoms with Crippen LogP contribution < -0.4 is 4.74 Å². The predicted octanol–water partition coefficient (Wildman–Crippen LogP) is 3.34. The van der Waals surface area contributed by atoms with Gasteiger partial charge in [0, 0.05) is 12.2 Å². The fourth-order valence-electron chi connectivity index (χ4n) is 2.88. The number of rotatable bonds is 3. The average molecular weight is 364 g/mol. The highest BCUT2D eigenvalue weighted by atomic mass is 16.6. The van der Waals surface area contributed by atoms with Crippen LogP contribution in [0.1, 0.15) is 56.5 Å². The maximum absolute atomic E-state index is 12.5. The van der Waals surface area contributed by atoms with E-state index in [1.807, 2.05) is 27.7 Å². The number of nitrogens with zero attached hydrogens (tertiary/aromatic N) is 2. The molecule has 2 heterocycles. The first-order valence-corrected chi connectivity index (χ1v) is 8.82. The number of aromatic nitrogens is 1. The Kier molecular flexibility index (Phi) is 6.10. The lowest BCUT2D eigenvalue weighted by molar-refractivity contribution is -0.00630. The van der Waals surface area contributed by atoms with Crippen LogP contribution in [0, 0.1) is 6.92 Å². The van der Waals surface area contributed by atoms with Gasteiger partial charge in [-0.1, -0.05) is 0 Å². The Hall–Kier alpha value is -2.31. The molecule has 2 atom stereocenters. The summed E-state index contributed by atoms with van der Waals surface area (Å²) >= 11 is 0. The van der Waals surface area contributed by atoms with Crippen molar-refractivity contribution in [3.63, 3.8) is 0 Å². The van der Waals surface area contributed by atoms with Crippen LogP contribution >= 0.6 is 0 Å². The van der Waals surface area contributed by atoms with E-state index in [0.717, 1.165) is 18.4 Å². The predicted molar refractivity (Wildman–Crippen MR) is 96.4 cm³/mol. The first-order chi connectivity index (χ1) is 12.1. The minimum atomic E-state index is -0.555. The number of methoxy groups -OCH3 is 1. The molecule has 1 aromatic heterocycles. The summed E-state index contributed by atoms with van der Waals surface area (Å²) in [6, 6.07) is 1.80. The van der Waals surface area contributed by atoms with Crippen LogP contribution in [0.15, 0.2) is 12.3 Å². The average Bonchev–Trinajstić information content (AvgIpc) is 2.54. The third kappa shape index (κ3) is 4.86. The van der Waals surface area contributed by atoms with Gasteiger partial charge in [-0.05, 0) is 59.1 Å². The SMILES string of the molecule is COC(=O)c1c(C)ccnc1O[C@@H]1CC[C@@H](C)N(C(=O)OC(C)(C)C)C1. The number of ether oxygens (including phenoxy) is 3. The van der Waals surface area contributed by atoms with Gasteiger partial charge in [0.2, 0.25) is 5.88 Å². The second-order valence-electron chi connectivity index (χ2n) is 7.60. The van der Waals surface area contributed by atoms with E-state index in [1.165, 1.54) is 7.11 Å². The maximum atomic E-state index is 12.5. The topological polar surface area (TPSA) is 78.0 Å². The molecule has 0 unspecified atom stereocenters. The van der Waals surface area contributed by atoms with Gasteiger partial charge in [-0.3, -0.25) is 0 Å². The normalized spacial score (nSPS) is 20.5. The van der Waals surface area contributed by atoms with E-state index < -0.39 is 11.6 Å². The third-order valence-corrected chi connectivity index (χ3v) is 4.26. The summed E-state index contributed by atoms with van der Waals surface area (Å²) in [6.07, 6.45) is 2.51. The number of carbonyl (C=O) groups is 2. The van der Waals surface area contributed by atoms with Crippen LogP contribution in [0.25, 0.3) is 0 Å². The molecule has 1 fully saturated rings. The number of likely N-dealkylation sites (tertiary alicyclic amines) is 1. The molecule has 1 amide bonds. The van der Waals surface area contributed by atoms with Crippen molar-refractivity contribution in [2.24, 2.45) is 0 Å². The van der Waals surface area contributed by atoms with E-state index >= 15 is 0 Å². The monoisotopic (exact) mass is 364 g/mol. The lowest BCUT2D eigenvalue weighted by Crippen LogP contribution is -2.50. The molecule has 7 heteroatoms. The molecule has 144 valence electrons. The van der Waals surface area contributed by atoms with Gasteiger partial charge in [0.15, 0.2) is 0 Å². The molecule has 0 saturated carbocycles. The molecule has 1 aliphatic rings. The van der Waals surface area contributed by atoms with E-state index in [4.69, 9.17) is 14.2 Å².